The number of nitrogens with one attached hydrogen (secondary N) is 2. The number of hydrogen-bond acceptors (Lipinski definition) is 6. The first-order valence-electron chi connectivity index (χ1n) is 10.2. The van der Waals surface area contributed by atoms with Gasteiger partial charge < -0.3 is 20.8 Å². The summed E-state index contributed by atoms with van der Waals surface area (Å²) in [6.07, 6.45) is 5.26. The Morgan fingerprint density at radius 2 is 1.06 bits per heavy atom. The van der Waals surface area contributed by atoms with Crippen LogP contribution in [0.2, 0.25) is 0 Å². The van der Waals surface area contributed by atoms with Gasteiger partial charge in [-0.25, -0.2) is 0 Å². The zero-order chi connectivity index (χ0) is 23.3. The molecular weight excluding hydrogens is 672 g/mol. The molecule has 0 amide bonds. The second kappa shape index (κ2) is 15.2. The van der Waals surface area contributed by atoms with Gasteiger partial charge in [0.1, 0.15) is 11.5 Å². The minimum Gasteiger partial charge on any atom is -0.506 e. The summed E-state index contributed by atoms with van der Waals surface area (Å²) in [5.74, 6) is 0.400. The number of aromatic hydroxyl groups is 2. The lowest BCUT2D eigenvalue weighted by Crippen LogP contribution is -2.29. The lowest BCUT2D eigenvalue weighted by atomic mass is 10.2. The molecule has 2 rings (SSSR count). The van der Waals surface area contributed by atoms with Gasteiger partial charge in [-0.05, 0) is 82.1 Å². The average molecular weight is 698 g/mol. The topological polar surface area (TPSA) is 89.2 Å². The van der Waals surface area contributed by atoms with Crippen molar-refractivity contribution in [2.75, 3.05) is 39.3 Å². The lowest BCUT2D eigenvalue weighted by Gasteiger charge is -2.06. The third-order valence-electron chi connectivity index (χ3n) is 4.34. The van der Waals surface area contributed by atoms with Gasteiger partial charge in [0.15, 0.2) is 0 Å². The van der Waals surface area contributed by atoms with Crippen molar-refractivity contribution in [3.63, 3.8) is 0 Å². The van der Waals surface area contributed by atoms with Gasteiger partial charge in [-0.1, -0.05) is 31.9 Å². The maximum atomic E-state index is 10.00. The molecule has 0 aromatic heterocycles. The first-order valence-corrected chi connectivity index (χ1v) is 13.3. The lowest BCUT2D eigenvalue weighted by molar-refractivity contribution is 0.470. The van der Waals surface area contributed by atoms with E-state index in [0.29, 0.717) is 33.2 Å². The summed E-state index contributed by atoms with van der Waals surface area (Å²) in [6.45, 7) is 4.98. The van der Waals surface area contributed by atoms with Gasteiger partial charge in [0.2, 0.25) is 0 Å². The van der Waals surface area contributed by atoms with Crippen LogP contribution in [0.25, 0.3) is 0 Å². The molecule has 2 aromatic rings. The van der Waals surface area contributed by atoms with E-state index >= 15 is 0 Å². The summed E-state index contributed by atoms with van der Waals surface area (Å²) in [5, 5.41) is 26.8. The van der Waals surface area contributed by atoms with Crippen LogP contribution in [0.3, 0.4) is 0 Å². The van der Waals surface area contributed by atoms with Gasteiger partial charge in [-0.15, -0.1) is 0 Å². The smallest absolute Gasteiger partial charge is 0.138 e. The Labute approximate surface area is 222 Å². The fourth-order valence-corrected chi connectivity index (χ4v) is 5.23. The van der Waals surface area contributed by atoms with E-state index in [1.54, 1.807) is 24.6 Å². The first-order chi connectivity index (χ1) is 15.4. The van der Waals surface area contributed by atoms with Crippen molar-refractivity contribution in [1.82, 2.24) is 10.6 Å². The predicted octanol–water partition coefficient (Wildman–Crippen LogP) is 5.65. The standard InChI is InChI=1S/C22H26Br4N4O2/c23-17-9-15(21(31)19(25)11-17)13-29-5-1-3-27-7-8-28-4-2-6-30-14-16-10-18(24)12-20(26)22(16)32/h9-14,27-28,31-32H,1-8H2. The van der Waals surface area contributed by atoms with E-state index in [1.165, 1.54) is 0 Å². The van der Waals surface area contributed by atoms with Crippen molar-refractivity contribution in [3.8, 4) is 11.5 Å². The van der Waals surface area contributed by atoms with Gasteiger partial charge in [-0.2, -0.15) is 0 Å². The Kier molecular flexibility index (Phi) is 13.0. The van der Waals surface area contributed by atoms with Gasteiger partial charge in [0.25, 0.3) is 0 Å². The molecule has 4 N–H and O–H groups in total. The number of nitrogens with zero attached hydrogens (tertiary/aromatic N) is 2. The molecule has 0 aliphatic carbocycles. The number of halogens is 4. The number of phenolic OH excluding ortho intramolecular Hbond substituents is 2. The molecular formula is C22H26Br4N4O2. The fourth-order valence-electron chi connectivity index (χ4n) is 2.71. The van der Waals surface area contributed by atoms with Crippen molar-refractivity contribution in [3.05, 3.63) is 53.3 Å². The fraction of sp³-hybridized carbons (Fsp3) is 0.364. The summed E-state index contributed by atoms with van der Waals surface area (Å²) in [7, 11) is 0. The highest BCUT2D eigenvalue weighted by Crippen LogP contribution is 2.31. The van der Waals surface area contributed by atoms with E-state index in [9.17, 15) is 10.2 Å². The molecule has 0 saturated carbocycles. The second-order valence-electron chi connectivity index (χ2n) is 6.93. The molecule has 0 aliphatic rings. The van der Waals surface area contributed by atoms with Crippen LogP contribution in [-0.4, -0.2) is 61.9 Å². The molecule has 0 bridgehead atoms. The molecule has 0 radical (unpaired) electrons. The molecule has 6 nitrogen and oxygen atoms in total. The van der Waals surface area contributed by atoms with Crippen LogP contribution in [0, 0.1) is 0 Å². The molecule has 0 unspecified atom stereocenters. The molecule has 0 saturated heterocycles. The number of hydrogen-bond donors (Lipinski definition) is 4. The van der Waals surface area contributed by atoms with E-state index < -0.39 is 0 Å². The largest absolute Gasteiger partial charge is 0.506 e. The normalized spacial score (nSPS) is 11.8. The highest BCUT2D eigenvalue weighted by molar-refractivity contribution is 9.11. The van der Waals surface area contributed by atoms with Crippen molar-refractivity contribution >= 4 is 76.1 Å². The Morgan fingerprint density at radius 1 is 0.656 bits per heavy atom. The first kappa shape index (κ1) is 27.5. The quantitative estimate of drug-likeness (QED) is 0.161. The second-order valence-corrected chi connectivity index (χ2v) is 10.5. The van der Waals surface area contributed by atoms with Crippen LogP contribution in [0.5, 0.6) is 11.5 Å². The zero-order valence-corrected chi connectivity index (χ0v) is 23.8. The Morgan fingerprint density at radius 3 is 1.47 bits per heavy atom. The predicted molar refractivity (Wildman–Crippen MR) is 147 cm³/mol. The third-order valence-corrected chi connectivity index (χ3v) is 6.46. The maximum absolute atomic E-state index is 10.00. The van der Waals surface area contributed by atoms with Crippen molar-refractivity contribution in [2.45, 2.75) is 12.8 Å². The van der Waals surface area contributed by atoms with Crippen molar-refractivity contribution < 1.29 is 10.2 Å². The summed E-state index contributed by atoms with van der Waals surface area (Å²) in [4.78, 5) is 8.76. The Hall–Kier alpha value is -0.780. The van der Waals surface area contributed by atoms with Gasteiger partial charge in [-0.3, -0.25) is 9.98 Å². The summed E-state index contributed by atoms with van der Waals surface area (Å²) < 4.78 is 3.07. The monoisotopic (exact) mass is 694 g/mol. The molecule has 10 heteroatoms. The van der Waals surface area contributed by atoms with E-state index in [1.807, 2.05) is 12.1 Å². The molecule has 0 atom stereocenters. The summed E-state index contributed by atoms with van der Waals surface area (Å²) >= 11 is 13.5. The maximum Gasteiger partial charge on any atom is 0.138 e. The van der Waals surface area contributed by atoms with Gasteiger partial charge in [0, 0.05) is 58.7 Å². The molecule has 2 aromatic carbocycles. The molecule has 0 spiro atoms. The zero-order valence-electron chi connectivity index (χ0n) is 17.4. The van der Waals surface area contributed by atoms with Crippen LogP contribution in [0.4, 0.5) is 0 Å². The van der Waals surface area contributed by atoms with Gasteiger partial charge in [0.05, 0.1) is 8.95 Å². The van der Waals surface area contributed by atoms with Crippen LogP contribution < -0.4 is 10.6 Å². The number of phenols is 2. The molecule has 0 aliphatic heterocycles. The van der Waals surface area contributed by atoms with E-state index in [4.69, 9.17) is 0 Å². The van der Waals surface area contributed by atoms with Crippen LogP contribution in [0.1, 0.15) is 24.0 Å². The average Bonchev–Trinajstić information content (AvgIpc) is 2.74. The number of rotatable bonds is 13. The van der Waals surface area contributed by atoms with Crippen molar-refractivity contribution in [2.24, 2.45) is 9.98 Å². The minimum atomic E-state index is 0.200. The Balaban J connectivity index is 1.48. The van der Waals surface area contributed by atoms with Crippen LogP contribution in [-0.2, 0) is 0 Å². The van der Waals surface area contributed by atoms with Crippen molar-refractivity contribution in [1.29, 1.82) is 0 Å². The van der Waals surface area contributed by atoms with E-state index in [0.717, 1.165) is 48.0 Å². The van der Waals surface area contributed by atoms with Crippen LogP contribution in [0.15, 0.2) is 52.1 Å². The highest BCUT2D eigenvalue weighted by Gasteiger charge is 2.05. The number of benzene rings is 2. The highest BCUT2D eigenvalue weighted by atomic mass is 79.9. The third kappa shape index (κ3) is 10.0. The van der Waals surface area contributed by atoms with Gasteiger partial charge >= 0.3 is 0 Å². The van der Waals surface area contributed by atoms with E-state index in [2.05, 4.69) is 84.3 Å². The SMILES string of the molecule is Oc1c(Br)cc(Br)cc1C=NCCCNCCNCCCN=Cc1cc(Br)cc(Br)c1O. The number of aliphatic imine (C=N–C) groups is 2. The molecule has 0 heterocycles. The summed E-state index contributed by atoms with van der Waals surface area (Å²) in [5.41, 5.74) is 1.38. The minimum absolute atomic E-state index is 0.200. The van der Waals surface area contributed by atoms with Crippen LogP contribution >= 0.6 is 63.7 Å². The molecule has 0 fully saturated rings. The molecule has 32 heavy (non-hydrogen) atoms. The Bertz CT molecular complexity index is 863. The van der Waals surface area contributed by atoms with E-state index in [-0.39, 0.29) is 11.5 Å². The molecule has 174 valence electrons. The summed E-state index contributed by atoms with van der Waals surface area (Å²) in [6, 6.07) is 7.27.